The van der Waals surface area contributed by atoms with Gasteiger partial charge in [-0.15, -0.1) is 0 Å². The van der Waals surface area contributed by atoms with E-state index < -0.39 is 16.0 Å². The highest BCUT2D eigenvalue weighted by molar-refractivity contribution is 7.89. The largest absolute Gasteiger partial charge is 0.454 e. The lowest BCUT2D eigenvalue weighted by molar-refractivity contribution is -0.120. The van der Waals surface area contributed by atoms with Crippen molar-refractivity contribution in [2.75, 3.05) is 19.7 Å². The summed E-state index contributed by atoms with van der Waals surface area (Å²) in [5, 5.41) is 0. The molecule has 0 N–H and O–H groups in total. The van der Waals surface area contributed by atoms with E-state index in [-0.39, 0.29) is 22.8 Å². The summed E-state index contributed by atoms with van der Waals surface area (Å²) in [4.78, 5) is 22.7. The molecule has 1 saturated heterocycles. The molecule has 0 spiro atoms. The third-order valence-electron chi connectivity index (χ3n) is 3.88. The van der Waals surface area contributed by atoms with E-state index >= 15 is 0 Å². The predicted octanol–water partition coefficient (Wildman–Crippen LogP) is 1.85. The van der Waals surface area contributed by atoms with Crippen LogP contribution in [-0.2, 0) is 19.6 Å². The van der Waals surface area contributed by atoms with Crippen LogP contribution in [0.4, 0.5) is 0 Å². The molecule has 126 valence electrons. The number of ether oxygens (including phenoxy) is 1. The van der Waals surface area contributed by atoms with Crippen molar-refractivity contribution < 1.29 is 22.7 Å². The van der Waals surface area contributed by atoms with E-state index in [9.17, 15) is 18.0 Å². The second-order valence-electron chi connectivity index (χ2n) is 5.89. The van der Waals surface area contributed by atoms with Gasteiger partial charge in [-0.3, -0.25) is 4.79 Å². The van der Waals surface area contributed by atoms with Gasteiger partial charge in [-0.2, -0.15) is 4.31 Å². The zero-order valence-corrected chi connectivity index (χ0v) is 14.1. The van der Waals surface area contributed by atoms with Gasteiger partial charge in [-0.1, -0.05) is 6.92 Å². The van der Waals surface area contributed by atoms with Crippen molar-refractivity contribution in [3.05, 3.63) is 29.8 Å². The second-order valence-corrected chi connectivity index (χ2v) is 7.83. The molecular weight excluding hydrogens is 318 g/mol. The Hall–Kier alpha value is -1.73. The first-order chi connectivity index (χ1) is 10.8. The van der Waals surface area contributed by atoms with Crippen LogP contribution in [0, 0.1) is 5.92 Å². The van der Waals surface area contributed by atoms with E-state index in [2.05, 4.69) is 6.92 Å². The highest BCUT2D eigenvalue weighted by Crippen LogP contribution is 2.23. The number of piperidine rings is 1. The summed E-state index contributed by atoms with van der Waals surface area (Å²) in [6, 6.07) is 5.61. The molecule has 0 bridgehead atoms. The fraction of sp³-hybridized carbons (Fsp3) is 0.500. The van der Waals surface area contributed by atoms with Crippen LogP contribution in [0.2, 0.25) is 0 Å². The lowest BCUT2D eigenvalue weighted by atomic mass is 10.0. The molecule has 1 aliphatic heterocycles. The third-order valence-corrected chi connectivity index (χ3v) is 5.79. The summed E-state index contributed by atoms with van der Waals surface area (Å²) < 4.78 is 31.4. The Morgan fingerprint density at radius 2 is 1.74 bits per heavy atom. The van der Waals surface area contributed by atoms with Gasteiger partial charge >= 0.3 is 5.97 Å². The van der Waals surface area contributed by atoms with Gasteiger partial charge in [0.2, 0.25) is 10.0 Å². The van der Waals surface area contributed by atoms with E-state index in [1.807, 2.05) is 0 Å². The Balaban J connectivity index is 2.09. The van der Waals surface area contributed by atoms with Gasteiger partial charge in [-0.25, -0.2) is 13.2 Å². The molecule has 0 radical (unpaired) electrons. The Morgan fingerprint density at radius 1 is 1.17 bits per heavy atom. The summed E-state index contributed by atoms with van der Waals surface area (Å²) >= 11 is 0. The number of benzene rings is 1. The first-order valence-electron chi connectivity index (χ1n) is 7.57. The molecule has 1 fully saturated rings. The van der Waals surface area contributed by atoms with Crippen LogP contribution in [0.5, 0.6) is 0 Å². The number of hydrogen-bond acceptors (Lipinski definition) is 5. The zero-order valence-electron chi connectivity index (χ0n) is 13.3. The van der Waals surface area contributed by atoms with E-state index in [0.29, 0.717) is 19.0 Å². The number of hydrogen-bond donors (Lipinski definition) is 0. The van der Waals surface area contributed by atoms with Crippen molar-refractivity contribution in [2.24, 2.45) is 5.92 Å². The Morgan fingerprint density at radius 3 is 2.26 bits per heavy atom. The Labute approximate surface area is 136 Å². The van der Waals surface area contributed by atoms with E-state index in [1.54, 1.807) is 0 Å². The van der Waals surface area contributed by atoms with E-state index in [1.165, 1.54) is 35.5 Å². The van der Waals surface area contributed by atoms with E-state index in [4.69, 9.17) is 4.74 Å². The number of rotatable bonds is 5. The minimum atomic E-state index is -3.53. The first-order valence-corrected chi connectivity index (χ1v) is 9.01. The molecule has 0 aromatic heterocycles. The minimum absolute atomic E-state index is 0.162. The van der Waals surface area contributed by atoms with Gasteiger partial charge in [0.05, 0.1) is 10.5 Å². The van der Waals surface area contributed by atoms with Gasteiger partial charge in [0.25, 0.3) is 0 Å². The molecule has 1 heterocycles. The molecule has 0 amide bonds. The van der Waals surface area contributed by atoms with Crippen molar-refractivity contribution >= 4 is 21.8 Å². The molecular formula is C16H21NO5S. The summed E-state index contributed by atoms with van der Waals surface area (Å²) in [6.45, 7) is 4.19. The van der Waals surface area contributed by atoms with Gasteiger partial charge in [0.1, 0.15) is 6.61 Å². The number of Topliss-reactive ketones (excluding diaryl/α,β-unsaturated/α-hetero) is 1. The maximum atomic E-state index is 12.6. The fourth-order valence-corrected chi connectivity index (χ4v) is 3.86. The van der Waals surface area contributed by atoms with Gasteiger partial charge in [0.15, 0.2) is 5.78 Å². The second kappa shape index (κ2) is 7.23. The monoisotopic (exact) mass is 339 g/mol. The summed E-state index contributed by atoms with van der Waals surface area (Å²) in [6.07, 6.45) is 1.71. The minimum Gasteiger partial charge on any atom is -0.454 e. The van der Waals surface area contributed by atoms with Gasteiger partial charge in [0, 0.05) is 13.1 Å². The maximum Gasteiger partial charge on any atom is 0.338 e. The topological polar surface area (TPSA) is 80.8 Å². The smallest absolute Gasteiger partial charge is 0.338 e. The highest BCUT2D eigenvalue weighted by atomic mass is 32.2. The normalized spacial score (nSPS) is 17.0. The SMILES string of the molecule is CC(=O)COC(=O)c1ccc(S(=O)(=O)N2CCC(C)CC2)cc1. The lowest BCUT2D eigenvalue weighted by Crippen LogP contribution is -2.37. The lowest BCUT2D eigenvalue weighted by Gasteiger charge is -2.29. The predicted molar refractivity (Wildman–Crippen MR) is 84.6 cm³/mol. The van der Waals surface area contributed by atoms with Gasteiger partial charge < -0.3 is 4.74 Å². The van der Waals surface area contributed by atoms with Crippen molar-refractivity contribution in [1.82, 2.24) is 4.31 Å². The van der Waals surface area contributed by atoms with Crippen LogP contribution in [0.1, 0.15) is 37.0 Å². The molecule has 0 atom stereocenters. The van der Waals surface area contributed by atoms with Crippen molar-refractivity contribution in [1.29, 1.82) is 0 Å². The number of sulfonamides is 1. The molecule has 6 nitrogen and oxygen atoms in total. The molecule has 23 heavy (non-hydrogen) atoms. The molecule has 7 heteroatoms. The Bertz CT molecular complexity index is 673. The van der Waals surface area contributed by atoms with Crippen molar-refractivity contribution in [3.8, 4) is 0 Å². The van der Waals surface area contributed by atoms with E-state index in [0.717, 1.165) is 12.8 Å². The van der Waals surface area contributed by atoms with Crippen molar-refractivity contribution in [2.45, 2.75) is 31.6 Å². The number of carbonyl (C=O) groups excluding carboxylic acids is 2. The standard InChI is InChI=1S/C16H21NO5S/c1-12-7-9-17(10-8-12)23(20,21)15-5-3-14(4-6-15)16(19)22-11-13(2)18/h3-6,12H,7-11H2,1-2H3. The van der Waals surface area contributed by atoms with Crippen LogP contribution >= 0.6 is 0 Å². The number of nitrogens with zero attached hydrogens (tertiary/aromatic N) is 1. The van der Waals surface area contributed by atoms with Crippen LogP contribution in [0.15, 0.2) is 29.2 Å². The molecule has 1 aliphatic rings. The van der Waals surface area contributed by atoms with Crippen LogP contribution in [0.3, 0.4) is 0 Å². The number of esters is 1. The average Bonchev–Trinajstić information content (AvgIpc) is 2.53. The van der Waals surface area contributed by atoms with Crippen LogP contribution in [0.25, 0.3) is 0 Å². The Kier molecular flexibility index (Phi) is 5.54. The van der Waals surface area contributed by atoms with Crippen molar-refractivity contribution in [3.63, 3.8) is 0 Å². The van der Waals surface area contributed by atoms with Crippen LogP contribution < -0.4 is 0 Å². The number of carbonyl (C=O) groups is 2. The fourth-order valence-electron chi connectivity index (χ4n) is 2.39. The molecule has 1 aromatic rings. The summed E-state index contributed by atoms with van der Waals surface area (Å²) in [5.41, 5.74) is 0.220. The molecule has 2 rings (SSSR count). The zero-order chi connectivity index (χ0) is 17.0. The number of ketones is 1. The summed E-state index contributed by atoms with van der Waals surface area (Å²) in [7, 11) is -3.53. The van der Waals surface area contributed by atoms with Gasteiger partial charge in [-0.05, 0) is 49.9 Å². The molecule has 0 aliphatic carbocycles. The molecule has 1 aromatic carbocycles. The average molecular weight is 339 g/mol. The third kappa shape index (κ3) is 4.39. The highest BCUT2D eigenvalue weighted by Gasteiger charge is 2.28. The molecule has 0 saturated carbocycles. The molecule has 0 unspecified atom stereocenters. The summed E-state index contributed by atoms with van der Waals surface area (Å²) in [5.74, 6) is -0.354. The quantitative estimate of drug-likeness (QED) is 0.765. The van der Waals surface area contributed by atoms with Crippen LogP contribution in [-0.4, -0.2) is 44.2 Å². The maximum absolute atomic E-state index is 12.6. The first kappa shape index (κ1) is 17.6.